The van der Waals surface area contributed by atoms with Crippen molar-refractivity contribution in [2.24, 2.45) is 0 Å². The van der Waals surface area contributed by atoms with Gasteiger partial charge >= 0.3 is 0 Å². The Labute approximate surface area is 142 Å². The lowest BCUT2D eigenvalue weighted by Gasteiger charge is -2.18. The van der Waals surface area contributed by atoms with Crippen LogP contribution in [-0.4, -0.2) is 27.2 Å². The van der Waals surface area contributed by atoms with E-state index in [0.717, 1.165) is 5.56 Å². The predicted octanol–water partition coefficient (Wildman–Crippen LogP) is 3.51. The number of hydrogen-bond donors (Lipinski definition) is 1. The molecule has 5 heteroatoms. The summed E-state index contributed by atoms with van der Waals surface area (Å²) in [6, 6.07) is 11.3. The van der Waals surface area contributed by atoms with Crippen LogP contribution in [0.3, 0.4) is 0 Å². The Balaban J connectivity index is 2.27. The summed E-state index contributed by atoms with van der Waals surface area (Å²) in [5.41, 5.74) is 2.61. The molecule has 1 N–H and O–H groups in total. The number of benzene rings is 2. The lowest BCUT2D eigenvalue weighted by molar-refractivity contribution is 0.0936. The molecule has 0 aliphatic carbocycles. The largest absolute Gasteiger partial charge is 0.493 e. The van der Waals surface area contributed by atoms with Gasteiger partial charge in [0.2, 0.25) is 5.75 Å². The molecule has 1 unspecified atom stereocenters. The van der Waals surface area contributed by atoms with Gasteiger partial charge in [-0.2, -0.15) is 0 Å². The molecule has 1 atom stereocenters. The quantitative estimate of drug-likeness (QED) is 0.881. The van der Waals surface area contributed by atoms with Gasteiger partial charge in [-0.25, -0.2) is 0 Å². The Morgan fingerprint density at radius 2 is 1.54 bits per heavy atom. The van der Waals surface area contributed by atoms with E-state index in [2.05, 4.69) is 5.32 Å². The molecular weight excluding hydrogens is 306 g/mol. The summed E-state index contributed by atoms with van der Waals surface area (Å²) in [5, 5.41) is 2.98. The molecule has 5 nitrogen and oxygen atoms in total. The second-order valence-corrected chi connectivity index (χ2v) is 5.49. The minimum Gasteiger partial charge on any atom is -0.493 e. The van der Waals surface area contributed by atoms with Gasteiger partial charge in [0.25, 0.3) is 5.91 Å². The van der Waals surface area contributed by atoms with Gasteiger partial charge < -0.3 is 19.5 Å². The van der Waals surface area contributed by atoms with Crippen LogP contribution in [0, 0.1) is 6.92 Å². The molecule has 2 rings (SSSR count). The van der Waals surface area contributed by atoms with Gasteiger partial charge in [-0.1, -0.05) is 29.8 Å². The molecule has 1 amide bonds. The van der Waals surface area contributed by atoms with Crippen molar-refractivity contribution in [3.05, 3.63) is 53.1 Å². The molecule has 2 aromatic rings. The molecule has 0 heterocycles. The van der Waals surface area contributed by atoms with Crippen molar-refractivity contribution in [2.75, 3.05) is 21.3 Å². The average Bonchev–Trinajstić information content (AvgIpc) is 2.60. The van der Waals surface area contributed by atoms with Crippen molar-refractivity contribution >= 4 is 5.91 Å². The van der Waals surface area contributed by atoms with E-state index in [-0.39, 0.29) is 11.9 Å². The van der Waals surface area contributed by atoms with Crippen molar-refractivity contribution in [3.63, 3.8) is 0 Å². The first-order valence-electron chi connectivity index (χ1n) is 7.68. The third-order valence-electron chi connectivity index (χ3n) is 3.87. The second kappa shape index (κ2) is 7.73. The van der Waals surface area contributed by atoms with E-state index in [1.807, 2.05) is 38.1 Å². The van der Waals surface area contributed by atoms with Crippen LogP contribution in [0.5, 0.6) is 17.2 Å². The van der Waals surface area contributed by atoms with Crippen molar-refractivity contribution in [1.82, 2.24) is 5.32 Å². The Hall–Kier alpha value is -2.69. The summed E-state index contributed by atoms with van der Waals surface area (Å²) in [6.07, 6.45) is 0. The smallest absolute Gasteiger partial charge is 0.255 e. The maximum Gasteiger partial charge on any atom is 0.255 e. The Kier molecular flexibility index (Phi) is 5.68. The highest BCUT2D eigenvalue weighted by Gasteiger charge is 2.21. The molecule has 24 heavy (non-hydrogen) atoms. The minimum absolute atomic E-state index is 0.129. The van der Waals surface area contributed by atoms with Gasteiger partial charge in [0, 0.05) is 0 Å². The van der Waals surface area contributed by atoms with Crippen molar-refractivity contribution in [2.45, 2.75) is 19.9 Å². The number of ether oxygens (including phenoxy) is 3. The zero-order valence-corrected chi connectivity index (χ0v) is 14.7. The Bertz CT molecular complexity index is 710. The van der Waals surface area contributed by atoms with Crippen molar-refractivity contribution < 1.29 is 19.0 Å². The van der Waals surface area contributed by atoms with Gasteiger partial charge in [-0.05, 0) is 31.5 Å². The van der Waals surface area contributed by atoms with Crippen LogP contribution in [0.15, 0.2) is 36.4 Å². The van der Waals surface area contributed by atoms with Gasteiger partial charge in [-0.3, -0.25) is 4.79 Å². The van der Waals surface area contributed by atoms with Crippen molar-refractivity contribution in [1.29, 1.82) is 0 Å². The monoisotopic (exact) mass is 329 g/mol. The Morgan fingerprint density at radius 1 is 0.917 bits per heavy atom. The molecule has 0 aliphatic heterocycles. The predicted molar refractivity (Wildman–Crippen MR) is 93.2 cm³/mol. The zero-order chi connectivity index (χ0) is 17.7. The molecule has 0 radical (unpaired) electrons. The lowest BCUT2D eigenvalue weighted by atomic mass is 10.1. The third kappa shape index (κ3) is 3.62. The van der Waals surface area contributed by atoms with Crippen LogP contribution in [0.4, 0.5) is 0 Å². The first-order valence-corrected chi connectivity index (χ1v) is 7.68. The van der Waals surface area contributed by atoms with Crippen LogP contribution in [-0.2, 0) is 0 Å². The van der Waals surface area contributed by atoms with E-state index in [0.29, 0.717) is 22.8 Å². The Morgan fingerprint density at radius 3 is 2.08 bits per heavy atom. The highest BCUT2D eigenvalue weighted by molar-refractivity contribution is 5.98. The highest BCUT2D eigenvalue weighted by atomic mass is 16.5. The van der Waals surface area contributed by atoms with Gasteiger partial charge in [-0.15, -0.1) is 0 Å². The topological polar surface area (TPSA) is 56.8 Å². The standard InChI is InChI=1S/C19H23NO4/c1-12-6-8-14(9-7-12)13(2)20-19(21)15-10-11-16(22-3)18(24-5)17(15)23-4/h6-11,13H,1-5H3,(H,20,21). The first kappa shape index (κ1) is 17.7. The van der Waals surface area contributed by atoms with Crippen LogP contribution in [0.25, 0.3) is 0 Å². The molecular formula is C19H23NO4. The van der Waals surface area contributed by atoms with E-state index >= 15 is 0 Å². The molecule has 0 fully saturated rings. The SMILES string of the molecule is COc1ccc(C(=O)NC(C)c2ccc(C)cc2)c(OC)c1OC. The molecule has 128 valence electrons. The summed E-state index contributed by atoms with van der Waals surface area (Å²) in [7, 11) is 4.55. The fourth-order valence-electron chi connectivity index (χ4n) is 2.49. The van der Waals surface area contributed by atoms with Crippen LogP contribution >= 0.6 is 0 Å². The molecule has 0 bridgehead atoms. The number of carbonyl (C=O) groups is 1. The van der Waals surface area contributed by atoms with Gasteiger partial charge in [0.15, 0.2) is 11.5 Å². The maximum absolute atomic E-state index is 12.7. The molecule has 0 saturated heterocycles. The number of rotatable bonds is 6. The maximum atomic E-state index is 12.7. The van der Waals surface area contributed by atoms with Gasteiger partial charge in [0.1, 0.15) is 0 Å². The van der Waals surface area contributed by atoms with Gasteiger partial charge in [0.05, 0.1) is 32.9 Å². The first-order chi connectivity index (χ1) is 11.5. The number of carbonyl (C=O) groups excluding carboxylic acids is 1. The van der Waals surface area contributed by atoms with E-state index < -0.39 is 0 Å². The fraction of sp³-hybridized carbons (Fsp3) is 0.316. The number of nitrogens with one attached hydrogen (secondary N) is 1. The molecule has 2 aromatic carbocycles. The average molecular weight is 329 g/mol. The van der Waals surface area contributed by atoms with Crippen LogP contribution < -0.4 is 19.5 Å². The normalized spacial score (nSPS) is 11.5. The molecule has 0 aliphatic rings. The van der Waals surface area contributed by atoms with Crippen LogP contribution in [0.1, 0.15) is 34.5 Å². The summed E-state index contributed by atoms with van der Waals surface area (Å²) in [4.78, 5) is 12.7. The summed E-state index contributed by atoms with van der Waals surface area (Å²) >= 11 is 0. The van der Waals surface area contributed by atoms with E-state index in [1.165, 1.54) is 26.9 Å². The second-order valence-electron chi connectivity index (χ2n) is 5.49. The fourth-order valence-corrected chi connectivity index (χ4v) is 2.49. The zero-order valence-electron chi connectivity index (χ0n) is 14.7. The summed E-state index contributed by atoms with van der Waals surface area (Å²) < 4.78 is 15.9. The lowest BCUT2D eigenvalue weighted by Crippen LogP contribution is -2.27. The third-order valence-corrected chi connectivity index (χ3v) is 3.87. The summed E-state index contributed by atoms with van der Waals surface area (Å²) in [6.45, 7) is 3.97. The number of amides is 1. The van der Waals surface area contributed by atoms with E-state index in [1.54, 1.807) is 12.1 Å². The molecule has 0 aromatic heterocycles. The van der Waals surface area contributed by atoms with E-state index in [9.17, 15) is 4.79 Å². The van der Waals surface area contributed by atoms with E-state index in [4.69, 9.17) is 14.2 Å². The highest BCUT2D eigenvalue weighted by Crippen LogP contribution is 2.39. The van der Waals surface area contributed by atoms with Crippen LogP contribution in [0.2, 0.25) is 0 Å². The molecule has 0 saturated carbocycles. The summed E-state index contributed by atoms with van der Waals surface area (Å²) in [5.74, 6) is 1.03. The number of hydrogen-bond acceptors (Lipinski definition) is 4. The molecule has 0 spiro atoms. The van der Waals surface area contributed by atoms with Crippen molar-refractivity contribution in [3.8, 4) is 17.2 Å². The minimum atomic E-state index is -0.235. The number of aryl methyl sites for hydroxylation is 1. The number of methoxy groups -OCH3 is 3.